The molecular formula is C19H16N2O4. The summed E-state index contributed by atoms with van der Waals surface area (Å²) in [5, 5.41) is 25.3. The fraction of sp³-hybridized carbons (Fsp3) is 0.0526. The van der Waals surface area contributed by atoms with E-state index >= 15 is 0 Å². The molecule has 0 atom stereocenters. The fourth-order valence-electron chi connectivity index (χ4n) is 2.42. The Bertz CT molecular complexity index is 967. The van der Waals surface area contributed by atoms with Gasteiger partial charge in [-0.3, -0.25) is 4.79 Å². The third-order valence-electron chi connectivity index (χ3n) is 3.75. The minimum absolute atomic E-state index is 0.00681. The zero-order chi connectivity index (χ0) is 17.8. The highest BCUT2D eigenvalue weighted by atomic mass is 16.5. The van der Waals surface area contributed by atoms with Crippen LogP contribution in [0.2, 0.25) is 0 Å². The Morgan fingerprint density at radius 2 is 1.92 bits per heavy atom. The Balaban J connectivity index is 1.80. The predicted molar refractivity (Wildman–Crippen MR) is 95.3 cm³/mol. The van der Waals surface area contributed by atoms with Crippen LogP contribution in [0.15, 0.2) is 59.7 Å². The first-order chi connectivity index (χ1) is 12.1. The maximum atomic E-state index is 12.2. The number of benzene rings is 3. The van der Waals surface area contributed by atoms with Crippen LogP contribution in [0.25, 0.3) is 10.8 Å². The lowest BCUT2D eigenvalue weighted by molar-refractivity contribution is 0.0952. The van der Waals surface area contributed by atoms with Gasteiger partial charge in [0.25, 0.3) is 5.91 Å². The van der Waals surface area contributed by atoms with Gasteiger partial charge >= 0.3 is 0 Å². The lowest BCUT2D eigenvalue weighted by atomic mass is 10.1. The SMILES string of the molecule is COc1ccc(O)c(C=NNC(=O)c2ccc3ccccc3c2O)c1. The lowest BCUT2D eigenvalue weighted by Gasteiger charge is -2.07. The van der Waals surface area contributed by atoms with Crippen molar-refractivity contribution in [2.24, 2.45) is 5.10 Å². The summed E-state index contributed by atoms with van der Waals surface area (Å²) in [7, 11) is 1.51. The molecule has 0 bridgehead atoms. The van der Waals surface area contributed by atoms with Gasteiger partial charge in [-0.2, -0.15) is 5.10 Å². The third kappa shape index (κ3) is 3.37. The van der Waals surface area contributed by atoms with Crippen molar-refractivity contribution in [2.45, 2.75) is 0 Å². The summed E-state index contributed by atoms with van der Waals surface area (Å²) < 4.78 is 5.07. The molecule has 0 fully saturated rings. The van der Waals surface area contributed by atoms with E-state index in [2.05, 4.69) is 10.5 Å². The number of hydrazone groups is 1. The van der Waals surface area contributed by atoms with Gasteiger partial charge in [0.15, 0.2) is 0 Å². The molecule has 3 rings (SSSR count). The van der Waals surface area contributed by atoms with Crippen LogP contribution in [0.4, 0.5) is 0 Å². The van der Waals surface area contributed by atoms with Gasteiger partial charge in [0.1, 0.15) is 17.2 Å². The monoisotopic (exact) mass is 336 g/mol. The first-order valence-corrected chi connectivity index (χ1v) is 7.51. The number of ether oxygens (including phenoxy) is 1. The first-order valence-electron chi connectivity index (χ1n) is 7.51. The van der Waals surface area contributed by atoms with Gasteiger partial charge in [0.05, 0.1) is 18.9 Å². The number of nitrogens with zero attached hydrogens (tertiary/aromatic N) is 1. The van der Waals surface area contributed by atoms with Gasteiger partial charge in [-0.05, 0) is 29.7 Å². The Kier molecular flexibility index (Phi) is 4.52. The highest BCUT2D eigenvalue weighted by molar-refractivity contribution is 6.03. The largest absolute Gasteiger partial charge is 0.507 e. The molecule has 0 unspecified atom stereocenters. The molecule has 6 heteroatoms. The second-order valence-corrected chi connectivity index (χ2v) is 5.31. The number of hydrogen-bond acceptors (Lipinski definition) is 5. The number of carbonyl (C=O) groups is 1. The van der Waals surface area contributed by atoms with Crippen molar-refractivity contribution in [3.05, 3.63) is 65.7 Å². The summed E-state index contributed by atoms with van der Waals surface area (Å²) >= 11 is 0. The molecule has 0 spiro atoms. The number of methoxy groups -OCH3 is 1. The molecule has 0 aliphatic rings. The van der Waals surface area contributed by atoms with E-state index in [1.165, 1.54) is 25.5 Å². The molecule has 3 N–H and O–H groups in total. The Morgan fingerprint density at radius 3 is 2.72 bits per heavy atom. The number of rotatable bonds is 4. The van der Waals surface area contributed by atoms with Crippen molar-refractivity contribution < 1.29 is 19.7 Å². The van der Waals surface area contributed by atoms with Gasteiger partial charge in [0, 0.05) is 10.9 Å². The van der Waals surface area contributed by atoms with Gasteiger partial charge < -0.3 is 14.9 Å². The van der Waals surface area contributed by atoms with E-state index in [0.717, 1.165) is 5.39 Å². The second kappa shape index (κ2) is 6.92. The summed E-state index contributed by atoms with van der Waals surface area (Å²) in [6.07, 6.45) is 1.30. The number of carbonyl (C=O) groups excluding carboxylic acids is 1. The number of phenolic OH excluding ortho intramolecular Hbond substituents is 2. The molecule has 25 heavy (non-hydrogen) atoms. The summed E-state index contributed by atoms with van der Waals surface area (Å²) in [4.78, 5) is 12.2. The quantitative estimate of drug-likeness (QED) is 0.504. The second-order valence-electron chi connectivity index (χ2n) is 5.31. The van der Waals surface area contributed by atoms with Crippen LogP contribution in [0.3, 0.4) is 0 Å². The normalized spacial score (nSPS) is 10.9. The Labute approximate surface area is 144 Å². The molecule has 126 valence electrons. The van der Waals surface area contributed by atoms with E-state index in [1.54, 1.807) is 30.3 Å². The zero-order valence-electron chi connectivity index (χ0n) is 13.4. The molecule has 0 radical (unpaired) electrons. The van der Waals surface area contributed by atoms with Crippen molar-refractivity contribution in [3.8, 4) is 17.2 Å². The van der Waals surface area contributed by atoms with Crippen molar-refractivity contribution in [2.75, 3.05) is 7.11 Å². The van der Waals surface area contributed by atoms with Crippen molar-refractivity contribution >= 4 is 22.9 Å². The smallest absolute Gasteiger partial charge is 0.275 e. The van der Waals surface area contributed by atoms with E-state index in [1.807, 2.05) is 12.1 Å². The average molecular weight is 336 g/mol. The van der Waals surface area contributed by atoms with Gasteiger partial charge in [-0.15, -0.1) is 0 Å². The van der Waals surface area contributed by atoms with Crippen molar-refractivity contribution in [1.29, 1.82) is 0 Å². The molecule has 0 heterocycles. The molecule has 3 aromatic carbocycles. The van der Waals surface area contributed by atoms with Gasteiger partial charge in [-0.25, -0.2) is 5.43 Å². The molecule has 1 amide bonds. The molecule has 3 aromatic rings. The summed E-state index contributed by atoms with van der Waals surface area (Å²) in [6.45, 7) is 0. The highest BCUT2D eigenvalue weighted by Crippen LogP contribution is 2.28. The van der Waals surface area contributed by atoms with E-state index in [9.17, 15) is 15.0 Å². The van der Waals surface area contributed by atoms with E-state index in [0.29, 0.717) is 16.7 Å². The predicted octanol–water partition coefficient (Wildman–Crippen LogP) is 3.02. The molecule has 0 aromatic heterocycles. The highest BCUT2D eigenvalue weighted by Gasteiger charge is 2.13. The van der Waals surface area contributed by atoms with Crippen LogP contribution in [0.1, 0.15) is 15.9 Å². The molecule has 6 nitrogen and oxygen atoms in total. The topological polar surface area (TPSA) is 91.2 Å². The number of aromatic hydroxyl groups is 2. The number of hydrogen-bond donors (Lipinski definition) is 3. The van der Waals surface area contributed by atoms with Crippen LogP contribution in [0, 0.1) is 0 Å². The molecule has 0 aliphatic heterocycles. The summed E-state index contributed by atoms with van der Waals surface area (Å²) in [5.41, 5.74) is 2.84. The van der Waals surface area contributed by atoms with E-state index in [4.69, 9.17) is 4.74 Å². The minimum Gasteiger partial charge on any atom is -0.507 e. The van der Waals surface area contributed by atoms with Crippen LogP contribution in [0.5, 0.6) is 17.2 Å². The maximum Gasteiger partial charge on any atom is 0.275 e. The van der Waals surface area contributed by atoms with Gasteiger partial charge in [0.2, 0.25) is 0 Å². The Hall–Kier alpha value is -3.54. The van der Waals surface area contributed by atoms with Crippen LogP contribution in [-0.2, 0) is 0 Å². The van der Waals surface area contributed by atoms with Crippen LogP contribution in [-0.4, -0.2) is 29.4 Å². The summed E-state index contributed by atoms with van der Waals surface area (Å²) in [5.74, 6) is -0.0954. The average Bonchev–Trinajstić information content (AvgIpc) is 2.63. The number of nitrogens with one attached hydrogen (secondary N) is 1. The van der Waals surface area contributed by atoms with Crippen molar-refractivity contribution in [1.82, 2.24) is 5.43 Å². The lowest BCUT2D eigenvalue weighted by Crippen LogP contribution is -2.17. The minimum atomic E-state index is -0.554. The fourth-order valence-corrected chi connectivity index (χ4v) is 2.42. The van der Waals surface area contributed by atoms with Crippen LogP contribution >= 0.6 is 0 Å². The maximum absolute atomic E-state index is 12.2. The third-order valence-corrected chi connectivity index (χ3v) is 3.75. The van der Waals surface area contributed by atoms with Crippen LogP contribution < -0.4 is 10.2 Å². The number of fused-ring (bicyclic) bond motifs is 1. The molecule has 0 aliphatic carbocycles. The number of amides is 1. The number of phenols is 2. The zero-order valence-corrected chi connectivity index (χ0v) is 13.4. The van der Waals surface area contributed by atoms with Gasteiger partial charge in [-0.1, -0.05) is 30.3 Å². The molecular weight excluding hydrogens is 320 g/mol. The molecule has 0 saturated carbocycles. The van der Waals surface area contributed by atoms with Crippen molar-refractivity contribution in [3.63, 3.8) is 0 Å². The first kappa shape index (κ1) is 16.3. The van der Waals surface area contributed by atoms with E-state index in [-0.39, 0.29) is 17.1 Å². The molecule has 0 saturated heterocycles. The Morgan fingerprint density at radius 1 is 1.12 bits per heavy atom. The van der Waals surface area contributed by atoms with E-state index < -0.39 is 5.91 Å². The summed E-state index contributed by atoms with van der Waals surface area (Å²) in [6, 6.07) is 15.2. The standard InChI is InChI=1S/C19H16N2O4/c1-25-14-7-9-17(22)13(10-14)11-20-21-19(24)16-8-6-12-4-2-3-5-15(12)18(16)23/h2-11,22-23H,1H3,(H,21,24).